The Morgan fingerprint density at radius 1 is 0.629 bits per heavy atom. The van der Waals surface area contributed by atoms with Gasteiger partial charge in [0.15, 0.2) is 12.2 Å². The van der Waals surface area contributed by atoms with Crippen LogP contribution in [0.25, 0.3) is 0 Å². The normalized spacial score (nSPS) is 12.3. The van der Waals surface area contributed by atoms with E-state index in [-0.39, 0.29) is 18.8 Å². The Morgan fingerprint density at radius 3 is 1.49 bits per heavy atom. The summed E-state index contributed by atoms with van der Waals surface area (Å²) in [6.45, 7) is 11.2. The number of ether oxygens (including phenoxy) is 4. The van der Waals surface area contributed by atoms with Crippen molar-refractivity contribution in [2.24, 2.45) is 0 Å². The largest absolute Gasteiger partial charge is 0.463 e. The van der Waals surface area contributed by atoms with E-state index in [9.17, 15) is 19.2 Å². The van der Waals surface area contributed by atoms with Crippen molar-refractivity contribution in [2.75, 3.05) is 13.2 Å². The maximum absolute atomic E-state index is 12.1. The minimum atomic E-state index is -1.12. The maximum Gasteiger partial charge on any atom is 0.347 e. The SMILES string of the molecule is C=C(CC(=O)OC(C)C(=O)OCCCCCCCC)C(=O)OC(C)C(=O)OCCCCCCCC. The predicted octanol–water partition coefficient (Wildman–Crippen LogP) is 5.60. The highest BCUT2D eigenvalue weighted by Gasteiger charge is 2.24. The molecule has 2 unspecified atom stereocenters. The molecule has 202 valence electrons. The van der Waals surface area contributed by atoms with Crippen LogP contribution in [-0.4, -0.2) is 49.3 Å². The van der Waals surface area contributed by atoms with E-state index in [4.69, 9.17) is 18.9 Å². The second-order valence-corrected chi connectivity index (χ2v) is 8.83. The third-order valence-corrected chi connectivity index (χ3v) is 5.39. The number of hydrogen-bond acceptors (Lipinski definition) is 8. The number of esters is 4. The molecule has 0 aromatic heterocycles. The zero-order valence-electron chi connectivity index (χ0n) is 22.2. The third kappa shape index (κ3) is 17.7. The minimum Gasteiger partial charge on any atom is -0.463 e. The lowest BCUT2D eigenvalue weighted by Gasteiger charge is -2.15. The molecule has 0 saturated heterocycles. The van der Waals surface area contributed by atoms with Gasteiger partial charge in [-0.1, -0.05) is 84.6 Å². The fourth-order valence-electron chi connectivity index (χ4n) is 3.17. The lowest BCUT2D eigenvalue weighted by Crippen LogP contribution is -2.29. The van der Waals surface area contributed by atoms with Crippen molar-refractivity contribution in [2.45, 2.75) is 123 Å². The van der Waals surface area contributed by atoms with Crippen LogP contribution in [0, 0.1) is 0 Å². The van der Waals surface area contributed by atoms with Crippen LogP contribution < -0.4 is 0 Å². The molecule has 0 fully saturated rings. The zero-order valence-corrected chi connectivity index (χ0v) is 22.2. The van der Waals surface area contributed by atoms with E-state index in [2.05, 4.69) is 20.4 Å². The smallest absolute Gasteiger partial charge is 0.347 e. The van der Waals surface area contributed by atoms with E-state index >= 15 is 0 Å². The quantitative estimate of drug-likeness (QED) is 0.0871. The van der Waals surface area contributed by atoms with E-state index < -0.39 is 42.5 Å². The van der Waals surface area contributed by atoms with Crippen LogP contribution in [0.5, 0.6) is 0 Å². The van der Waals surface area contributed by atoms with Crippen LogP contribution in [0.2, 0.25) is 0 Å². The van der Waals surface area contributed by atoms with E-state index in [1.54, 1.807) is 0 Å². The first-order chi connectivity index (χ1) is 16.7. The standard InChI is InChI=1S/C27H46O8/c1-6-8-10-12-14-16-18-32-26(30)22(4)34-24(28)20-21(3)25(29)35-23(5)27(31)33-19-17-15-13-11-9-7-2/h22-23H,3,6-20H2,1-2,4-5H3. The van der Waals surface area contributed by atoms with Crippen LogP contribution in [0.1, 0.15) is 111 Å². The van der Waals surface area contributed by atoms with Gasteiger partial charge in [-0.05, 0) is 26.7 Å². The van der Waals surface area contributed by atoms with Gasteiger partial charge in [0.05, 0.1) is 19.6 Å². The molecule has 2 atom stereocenters. The number of carbonyl (C=O) groups excluding carboxylic acids is 4. The highest BCUT2D eigenvalue weighted by molar-refractivity contribution is 5.95. The summed E-state index contributed by atoms with van der Waals surface area (Å²) in [4.78, 5) is 48.1. The van der Waals surface area contributed by atoms with Crippen molar-refractivity contribution in [3.8, 4) is 0 Å². The summed E-state index contributed by atoms with van der Waals surface area (Å²) in [5.41, 5.74) is -0.182. The highest BCUT2D eigenvalue weighted by atomic mass is 16.6. The fourth-order valence-corrected chi connectivity index (χ4v) is 3.17. The van der Waals surface area contributed by atoms with Crippen molar-refractivity contribution in [1.29, 1.82) is 0 Å². The summed E-state index contributed by atoms with van der Waals surface area (Å²) in [5.74, 6) is -3.00. The second kappa shape index (κ2) is 20.9. The Bertz CT molecular complexity index is 643. The lowest BCUT2D eigenvalue weighted by atomic mass is 10.1. The monoisotopic (exact) mass is 498 g/mol. The summed E-state index contributed by atoms with van der Waals surface area (Å²) in [6.07, 6.45) is 10.1. The Kier molecular flexibility index (Phi) is 19.5. The molecule has 0 radical (unpaired) electrons. The van der Waals surface area contributed by atoms with Crippen LogP contribution >= 0.6 is 0 Å². The van der Waals surface area contributed by atoms with Crippen LogP contribution in [0.4, 0.5) is 0 Å². The van der Waals surface area contributed by atoms with Gasteiger partial charge < -0.3 is 18.9 Å². The molecular formula is C27H46O8. The first-order valence-electron chi connectivity index (χ1n) is 13.1. The predicted molar refractivity (Wildman–Crippen MR) is 134 cm³/mol. The molecule has 0 saturated carbocycles. The van der Waals surface area contributed by atoms with Gasteiger partial charge in [-0.15, -0.1) is 0 Å². The molecule has 0 aromatic rings. The van der Waals surface area contributed by atoms with Gasteiger partial charge in [0.2, 0.25) is 0 Å². The number of rotatable bonds is 21. The molecule has 8 heteroatoms. The Labute approximate surface area is 211 Å². The highest BCUT2D eigenvalue weighted by Crippen LogP contribution is 2.10. The number of unbranched alkanes of at least 4 members (excludes halogenated alkanes) is 10. The van der Waals surface area contributed by atoms with E-state index in [1.807, 2.05) is 0 Å². The first-order valence-corrected chi connectivity index (χ1v) is 13.1. The Hall–Kier alpha value is -2.38. The summed E-state index contributed by atoms with van der Waals surface area (Å²) in [7, 11) is 0. The van der Waals surface area contributed by atoms with E-state index in [0.717, 1.165) is 38.5 Å². The molecule has 8 nitrogen and oxygen atoms in total. The van der Waals surface area contributed by atoms with Crippen molar-refractivity contribution in [3.63, 3.8) is 0 Å². The summed E-state index contributed by atoms with van der Waals surface area (Å²) < 4.78 is 20.3. The second-order valence-electron chi connectivity index (χ2n) is 8.83. The van der Waals surface area contributed by atoms with Gasteiger partial charge in [-0.2, -0.15) is 0 Å². The van der Waals surface area contributed by atoms with Crippen molar-refractivity contribution in [1.82, 2.24) is 0 Å². The Balaban J connectivity index is 4.10. The molecule has 0 heterocycles. The molecule has 0 spiro atoms. The molecule has 35 heavy (non-hydrogen) atoms. The van der Waals surface area contributed by atoms with Gasteiger partial charge in [-0.25, -0.2) is 14.4 Å². The number of carbonyl (C=O) groups is 4. The van der Waals surface area contributed by atoms with Gasteiger partial charge in [0.1, 0.15) is 0 Å². The number of hydrogen-bond donors (Lipinski definition) is 0. The van der Waals surface area contributed by atoms with Crippen molar-refractivity contribution < 1.29 is 38.1 Å². The van der Waals surface area contributed by atoms with Gasteiger partial charge in [0.25, 0.3) is 0 Å². The molecule has 0 N–H and O–H groups in total. The van der Waals surface area contributed by atoms with Crippen molar-refractivity contribution >= 4 is 23.9 Å². The van der Waals surface area contributed by atoms with E-state index in [1.165, 1.54) is 52.4 Å². The van der Waals surface area contributed by atoms with Crippen molar-refractivity contribution in [3.05, 3.63) is 12.2 Å². The summed E-state index contributed by atoms with van der Waals surface area (Å²) in [5, 5.41) is 0. The van der Waals surface area contributed by atoms with Crippen LogP contribution in [0.15, 0.2) is 12.2 Å². The first kappa shape index (κ1) is 32.6. The van der Waals surface area contributed by atoms with Crippen LogP contribution in [0.3, 0.4) is 0 Å². The molecule has 0 aromatic carbocycles. The summed E-state index contributed by atoms with van der Waals surface area (Å²) in [6, 6.07) is 0. The fraction of sp³-hybridized carbons (Fsp3) is 0.778. The third-order valence-electron chi connectivity index (χ3n) is 5.39. The molecule has 0 aliphatic rings. The molecule has 0 bridgehead atoms. The Morgan fingerprint density at radius 2 is 1.03 bits per heavy atom. The zero-order chi connectivity index (χ0) is 26.5. The van der Waals surface area contributed by atoms with Gasteiger partial charge >= 0.3 is 23.9 Å². The van der Waals surface area contributed by atoms with Crippen LogP contribution in [-0.2, 0) is 38.1 Å². The van der Waals surface area contributed by atoms with Gasteiger partial charge in [0, 0.05) is 5.57 Å². The minimum absolute atomic E-state index is 0.182. The topological polar surface area (TPSA) is 105 Å². The molecule has 0 aliphatic heterocycles. The average Bonchev–Trinajstić information content (AvgIpc) is 2.82. The lowest BCUT2D eigenvalue weighted by molar-refractivity contribution is -0.167. The molecule has 0 amide bonds. The van der Waals surface area contributed by atoms with E-state index in [0.29, 0.717) is 0 Å². The molecule has 0 aliphatic carbocycles. The molecule has 0 rings (SSSR count). The summed E-state index contributed by atoms with van der Waals surface area (Å²) >= 11 is 0. The average molecular weight is 499 g/mol. The molecular weight excluding hydrogens is 452 g/mol. The maximum atomic E-state index is 12.1. The van der Waals surface area contributed by atoms with Gasteiger partial charge in [-0.3, -0.25) is 4.79 Å².